The topological polar surface area (TPSA) is 12.4 Å². The van der Waals surface area contributed by atoms with Crippen LogP contribution in [0.25, 0.3) is 0 Å². The fraction of sp³-hybridized carbons (Fsp3) is 0.500. The summed E-state index contributed by atoms with van der Waals surface area (Å²) in [5.74, 6) is 0.659. The van der Waals surface area contributed by atoms with Gasteiger partial charge < -0.3 is 0 Å². The Kier molecular flexibility index (Phi) is 3.20. The number of fused-ring (bicyclic) bond motifs is 1. The molecule has 0 aromatic heterocycles. The zero-order valence-corrected chi connectivity index (χ0v) is 9.66. The summed E-state index contributed by atoms with van der Waals surface area (Å²) in [6.07, 6.45) is 3.63. The highest BCUT2D eigenvalue weighted by Crippen LogP contribution is 2.21. The second-order valence-electron chi connectivity index (χ2n) is 4.69. The molecule has 15 heavy (non-hydrogen) atoms. The average molecular weight is 201 g/mol. The van der Waals surface area contributed by atoms with Crippen LogP contribution in [0.2, 0.25) is 0 Å². The van der Waals surface area contributed by atoms with E-state index in [1.165, 1.54) is 29.7 Å². The van der Waals surface area contributed by atoms with Crippen LogP contribution in [0.15, 0.2) is 29.3 Å². The normalized spacial score (nSPS) is 18.2. The lowest BCUT2D eigenvalue weighted by Crippen LogP contribution is -2.13. The van der Waals surface area contributed by atoms with E-state index in [0.29, 0.717) is 5.92 Å². The highest BCUT2D eigenvalue weighted by molar-refractivity contribution is 6.02. The first-order chi connectivity index (χ1) is 7.27. The number of hydrogen-bond acceptors (Lipinski definition) is 1. The van der Waals surface area contributed by atoms with Crippen molar-refractivity contribution in [2.75, 3.05) is 6.54 Å². The van der Waals surface area contributed by atoms with Crippen molar-refractivity contribution in [1.82, 2.24) is 0 Å². The van der Waals surface area contributed by atoms with E-state index in [1.807, 2.05) is 0 Å². The molecule has 0 fully saturated rings. The van der Waals surface area contributed by atoms with Crippen LogP contribution in [0.5, 0.6) is 0 Å². The molecule has 2 rings (SSSR count). The molecule has 0 atom stereocenters. The van der Waals surface area contributed by atoms with Crippen molar-refractivity contribution in [3.05, 3.63) is 35.4 Å². The van der Waals surface area contributed by atoms with E-state index in [4.69, 9.17) is 4.99 Å². The standard InChI is InChI=1S/C14H19N/c1-11(2)10-15-14-9-5-7-12-6-3-4-8-13(12)14/h3-4,6,8,11H,5,7,9-10H2,1-2H3. The molecule has 1 aliphatic rings. The van der Waals surface area contributed by atoms with E-state index in [-0.39, 0.29) is 0 Å². The second-order valence-corrected chi connectivity index (χ2v) is 4.69. The third kappa shape index (κ3) is 2.47. The second kappa shape index (κ2) is 4.61. The van der Waals surface area contributed by atoms with Crippen molar-refractivity contribution in [2.45, 2.75) is 33.1 Å². The minimum Gasteiger partial charge on any atom is -0.289 e. The van der Waals surface area contributed by atoms with Gasteiger partial charge >= 0.3 is 0 Å². The van der Waals surface area contributed by atoms with Gasteiger partial charge in [0.05, 0.1) is 0 Å². The summed E-state index contributed by atoms with van der Waals surface area (Å²) in [6.45, 7) is 5.40. The summed E-state index contributed by atoms with van der Waals surface area (Å²) in [7, 11) is 0. The summed E-state index contributed by atoms with van der Waals surface area (Å²) in [6, 6.07) is 8.70. The molecule has 0 saturated carbocycles. The molecule has 0 spiro atoms. The molecule has 0 aliphatic heterocycles. The molecule has 1 heteroatoms. The molecule has 1 aliphatic carbocycles. The minimum absolute atomic E-state index is 0.659. The number of benzene rings is 1. The molecular weight excluding hydrogens is 182 g/mol. The Morgan fingerprint density at radius 2 is 2.00 bits per heavy atom. The fourth-order valence-corrected chi connectivity index (χ4v) is 2.06. The molecule has 1 aromatic carbocycles. The molecule has 0 heterocycles. The first-order valence-corrected chi connectivity index (χ1v) is 5.89. The van der Waals surface area contributed by atoms with E-state index in [0.717, 1.165) is 13.0 Å². The van der Waals surface area contributed by atoms with Gasteiger partial charge in [0, 0.05) is 12.3 Å². The molecule has 0 radical (unpaired) electrons. The van der Waals surface area contributed by atoms with Crippen molar-refractivity contribution in [2.24, 2.45) is 10.9 Å². The Bertz CT molecular complexity index is 363. The van der Waals surface area contributed by atoms with Gasteiger partial charge in [0.1, 0.15) is 0 Å². The quantitative estimate of drug-likeness (QED) is 0.694. The van der Waals surface area contributed by atoms with Crippen LogP contribution < -0.4 is 0 Å². The molecule has 1 aromatic rings. The van der Waals surface area contributed by atoms with Gasteiger partial charge in [-0.2, -0.15) is 0 Å². The van der Waals surface area contributed by atoms with Crippen molar-refractivity contribution in [3.63, 3.8) is 0 Å². The summed E-state index contributed by atoms with van der Waals surface area (Å²) < 4.78 is 0. The van der Waals surface area contributed by atoms with Crippen LogP contribution in [0.1, 0.15) is 37.8 Å². The van der Waals surface area contributed by atoms with Gasteiger partial charge in [-0.3, -0.25) is 4.99 Å². The maximum atomic E-state index is 4.74. The predicted octanol–water partition coefficient (Wildman–Crippen LogP) is 3.47. The molecular formula is C14H19N. The SMILES string of the molecule is CC(C)CN=C1CCCc2ccccc21. The molecule has 0 saturated heterocycles. The fourth-order valence-electron chi connectivity index (χ4n) is 2.06. The summed E-state index contributed by atoms with van der Waals surface area (Å²) in [4.78, 5) is 4.74. The van der Waals surface area contributed by atoms with Crippen LogP contribution >= 0.6 is 0 Å². The van der Waals surface area contributed by atoms with E-state index in [2.05, 4.69) is 38.1 Å². The van der Waals surface area contributed by atoms with E-state index >= 15 is 0 Å². The van der Waals surface area contributed by atoms with Gasteiger partial charge in [-0.05, 0) is 36.3 Å². The first-order valence-electron chi connectivity index (χ1n) is 5.89. The summed E-state index contributed by atoms with van der Waals surface area (Å²) in [5, 5.41) is 0. The van der Waals surface area contributed by atoms with E-state index < -0.39 is 0 Å². The van der Waals surface area contributed by atoms with Crippen molar-refractivity contribution >= 4 is 5.71 Å². The molecule has 0 N–H and O–H groups in total. The zero-order chi connectivity index (χ0) is 10.7. The predicted molar refractivity (Wildman–Crippen MR) is 65.6 cm³/mol. The lowest BCUT2D eigenvalue weighted by atomic mass is 9.90. The van der Waals surface area contributed by atoms with Gasteiger partial charge in [-0.1, -0.05) is 38.1 Å². The van der Waals surface area contributed by atoms with Gasteiger partial charge in [0.2, 0.25) is 0 Å². The van der Waals surface area contributed by atoms with Crippen molar-refractivity contribution < 1.29 is 0 Å². The van der Waals surface area contributed by atoms with Crippen LogP contribution in [-0.2, 0) is 6.42 Å². The smallest absolute Gasteiger partial charge is 0.0423 e. The first kappa shape index (κ1) is 10.4. The third-order valence-electron chi connectivity index (χ3n) is 2.84. The monoisotopic (exact) mass is 201 g/mol. The number of rotatable bonds is 2. The van der Waals surface area contributed by atoms with Crippen LogP contribution in [-0.4, -0.2) is 12.3 Å². The Morgan fingerprint density at radius 1 is 1.20 bits per heavy atom. The van der Waals surface area contributed by atoms with Crippen molar-refractivity contribution in [3.8, 4) is 0 Å². The molecule has 0 unspecified atom stereocenters. The number of nitrogens with zero attached hydrogens (tertiary/aromatic N) is 1. The third-order valence-corrected chi connectivity index (χ3v) is 2.84. The number of aliphatic imine (C=N–C) groups is 1. The number of hydrogen-bond donors (Lipinski definition) is 0. The Balaban J connectivity index is 2.25. The number of aryl methyl sites for hydroxylation is 1. The molecule has 1 nitrogen and oxygen atoms in total. The van der Waals surface area contributed by atoms with Gasteiger partial charge in [-0.15, -0.1) is 0 Å². The molecule has 0 bridgehead atoms. The largest absolute Gasteiger partial charge is 0.289 e. The van der Waals surface area contributed by atoms with E-state index in [1.54, 1.807) is 0 Å². The Hall–Kier alpha value is -1.11. The zero-order valence-electron chi connectivity index (χ0n) is 9.66. The molecule has 0 amide bonds. The van der Waals surface area contributed by atoms with Crippen LogP contribution in [0.3, 0.4) is 0 Å². The average Bonchev–Trinajstić information content (AvgIpc) is 2.26. The summed E-state index contributed by atoms with van der Waals surface area (Å²) >= 11 is 0. The highest BCUT2D eigenvalue weighted by atomic mass is 14.7. The van der Waals surface area contributed by atoms with Gasteiger partial charge in [0.15, 0.2) is 0 Å². The maximum Gasteiger partial charge on any atom is 0.0423 e. The Labute approximate surface area is 92.2 Å². The molecule has 80 valence electrons. The Morgan fingerprint density at radius 3 is 2.80 bits per heavy atom. The highest BCUT2D eigenvalue weighted by Gasteiger charge is 2.13. The van der Waals surface area contributed by atoms with Crippen LogP contribution in [0.4, 0.5) is 0 Å². The van der Waals surface area contributed by atoms with Gasteiger partial charge in [-0.25, -0.2) is 0 Å². The van der Waals surface area contributed by atoms with Crippen molar-refractivity contribution in [1.29, 1.82) is 0 Å². The van der Waals surface area contributed by atoms with Crippen LogP contribution in [0, 0.1) is 5.92 Å². The maximum absolute atomic E-state index is 4.74. The lowest BCUT2D eigenvalue weighted by molar-refractivity contribution is 0.662. The minimum atomic E-state index is 0.659. The van der Waals surface area contributed by atoms with Gasteiger partial charge in [0.25, 0.3) is 0 Å². The lowest BCUT2D eigenvalue weighted by Gasteiger charge is -2.18. The van der Waals surface area contributed by atoms with E-state index in [9.17, 15) is 0 Å². The summed E-state index contributed by atoms with van der Waals surface area (Å²) in [5.41, 5.74) is 4.20.